The Morgan fingerprint density at radius 1 is 1.12 bits per heavy atom. The van der Waals surface area contributed by atoms with E-state index in [1.54, 1.807) is 6.26 Å². The Bertz CT molecular complexity index is 508. The van der Waals surface area contributed by atoms with Crippen molar-refractivity contribution in [2.75, 3.05) is 5.32 Å². The first kappa shape index (κ1) is 12.2. The van der Waals surface area contributed by atoms with Crippen molar-refractivity contribution in [3.05, 3.63) is 51.4 Å². The molecule has 0 spiro atoms. The summed E-state index contributed by atoms with van der Waals surface area (Å²) in [5.74, 6) is 0.992. The average molecular weight is 294 g/mol. The van der Waals surface area contributed by atoms with Gasteiger partial charge >= 0.3 is 0 Å². The van der Waals surface area contributed by atoms with Crippen molar-refractivity contribution in [2.45, 2.75) is 27.3 Å². The van der Waals surface area contributed by atoms with Gasteiger partial charge in [-0.1, -0.05) is 15.9 Å². The van der Waals surface area contributed by atoms with Crippen molar-refractivity contribution in [2.24, 2.45) is 0 Å². The van der Waals surface area contributed by atoms with Gasteiger partial charge in [-0.25, -0.2) is 0 Å². The van der Waals surface area contributed by atoms with Crippen LogP contribution in [0.3, 0.4) is 0 Å². The Morgan fingerprint density at radius 3 is 2.29 bits per heavy atom. The highest BCUT2D eigenvalue weighted by molar-refractivity contribution is 9.10. The molecule has 0 radical (unpaired) electrons. The lowest BCUT2D eigenvalue weighted by Crippen LogP contribution is -2.03. The molecule has 0 saturated carbocycles. The van der Waals surface area contributed by atoms with Gasteiger partial charge in [-0.2, -0.15) is 0 Å². The molecule has 0 amide bonds. The SMILES string of the molecule is Cc1ccoc1CNc1c(C)cc(Br)cc1C. The largest absolute Gasteiger partial charge is 0.467 e. The second kappa shape index (κ2) is 4.96. The molecule has 0 bridgehead atoms. The number of hydrogen-bond donors (Lipinski definition) is 1. The van der Waals surface area contributed by atoms with Gasteiger partial charge in [0.1, 0.15) is 5.76 Å². The van der Waals surface area contributed by atoms with Crippen molar-refractivity contribution in [1.82, 2.24) is 0 Å². The number of furan rings is 1. The lowest BCUT2D eigenvalue weighted by Gasteiger charge is -2.12. The molecule has 2 aromatic rings. The summed E-state index contributed by atoms with van der Waals surface area (Å²) in [6.07, 6.45) is 1.73. The summed E-state index contributed by atoms with van der Waals surface area (Å²) in [5, 5.41) is 3.44. The van der Waals surface area contributed by atoms with Gasteiger partial charge in [-0.05, 0) is 55.7 Å². The predicted molar refractivity (Wildman–Crippen MR) is 74.4 cm³/mol. The Morgan fingerprint density at radius 2 is 1.76 bits per heavy atom. The van der Waals surface area contributed by atoms with Crippen LogP contribution in [-0.4, -0.2) is 0 Å². The number of hydrogen-bond acceptors (Lipinski definition) is 2. The summed E-state index contributed by atoms with van der Waals surface area (Å²) >= 11 is 3.50. The van der Waals surface area contributed by atoms with Gasteiger partial charge in [0.2, 0.25) is 0 Å². The summed E-state index contributed by atoms with van der Waals surface area (Å²) in [7, 11) is 0. The monoisotopic (exact) mass is 293 g/mol. The van der Waals surface area contributed by atoms with Gasteiger partial charge in [0.25, 0.3) is 0 Å². The van der Waals surface area contributed by atoms with Crippen molar-refractivity contribution >= 4 is 21.6 Å². The predicted octanol–water partition coefficient (Wildman–Crippen LogP) is 4.58. The lowest BCUT2D eigenvalue weighted by molar-refractivity contribution is 0.515. The van der Waals surface area contributed by atoms with E-state index in [-0.39, 0.29) is 0 Å². The second-order valence-corrected chi connectivity index (χ2v) is 5.21. The van der Waals surface area contributed by atoms with Crippen molar-refractivity contribution in [3.8, 4) is 0 Å². The topological polar surface area (TPSA) is 25.2 Å². The molecule has 0 fully saturated rings. The first-order valence-electron chi connectivity index (χ1n) is 5.61. The zero-order valence-electron chi connectivity index (χ0n) is 10.3. The smallest absolute Gasteiger partial charge is 0.125 e. The Balaban J connectivity index is 2.17. The first-order valence-corrected chi connectivity index (χ1v) is 6.41. The minimum absolute atomic E-state index is 0.724. The molecule has 0 saturated heterocycles. The molecule has 1 heterocycles. The third-order valence-electron chi connectivity index (χ3n) is 2.89. The van der Waals surface area contributed by atoms with E-state index in [9.17, 15) is 0 Å². The summed E-state index contributed by atoms with van der Waals surface area (Å²) in [6.45, 7) is 6.99. The average Bonchev–Trinajstić information content (AvgIpc) is 2.62. The number of anilines is 1. The van der Waals surface area contributed by atoms with Crippen LogP contribution in [0.15, 0.2) is 33.4 Å². The molecule has 3 heteroatoms. The first-order chi connectivity index (χ1) is 8.08. The van der Waals surface area contributed by atoms with Gasteiger partial charge in [0.15, 0.2) is 0 Å². The van der Waals surface area contributed by atoms with Gasteiger partial charge in [0, 0.05) is 10.2 Å². The molecule has 0 unspecified atom stereocenters. The highest BCUT2D eigenvalue weighted by atomic mass is 79.9. The molecule has 2 rings (SSSR count). The van der Waals surface area contributed by atoms with E-state index in [1.165, 1.54) is 22.4 Å². The molecule has 1 aromatic heterocycles. The fourth-order valence-electron chi connectivity index (χ4n) is 1.94. The van der Waals surface area contributed by atoms with Crippen LogP contribution >= 0.6 is 15.9 Å². The van der Waals surface area contributed by atoms with E-state index < -0.39 is 0 Å². The Kier molecular flexibility index (Phi) is 3.57. The van der Waals surface area contributed by atoms with Gasteiger partial charge in [0.05, 0.1) is 12.8 Å². The normalized spacial score (nSPS) is 10.6. The summed E-state index contributed by atoms with van der Waals surface area (Å²) in [5.41, 5.74) is 4.84. The van der Waals surface area contributed by atoms with Crippen LogP contribution < -0.4 is 5.32 Å². The highest BCUT2D eigenvalue weighted by Crippen LogP contribution is 2.25. The van der Waals surface area contributed by atoms with Crippen LogP contribution in [0.4, 0.5) is 5.69 Å². The Hall–Kier alpha value is -1.22. The van der Waals surface area contributed by atoms with E-state index in [2.05, 4.69) is 54.2 Å². The fourth-order valence-corrected chi connectivity index (χ4v) is 2.63. The molecule has 17 heavy (non-hydrogen) atoms. The van der Waals surface area contributed by atoms with E-state index in [0.29, 0.717) is 0 Å². The van der Waals surface area contributed by atoms with Crippen LogP contribution in [-0.2, 0) is 6.54 Å². The van der Waals surface area contributed by atoms with Gasteiger partial charge in [-0.3, -0.25) is 0 Å². The highest BCUT2D eigenvalue weighted by Gasteiger charge is 2.06. The third-order valence-corrected chi connectivity index (χ3v) is 3.35. The summed E-state index contributed by atoms with van der Waals surface area (Å²) in [4.78, 5) is 0. The zero-order chi connectivity index (χ0) is 12.4. The molecule has 0 aliphatic rings. The quantitative estimate of drug-likeness (QED) is 0.896. The second-order valence-electron chi connectivity index (χ2n) is 4.29. The fraction of sp³-hybridized carbons (Fsp3) is 0.286. The molecule has 1 N–H and O–H groups in total. The number of nitrogens with one attached hydrogen (secondary N) is 1. The maximum Gasteiger partial charge on any atom is 0.125 e. The van der Waals surface area contributed by atoms with E-state index >= 15 is 0 Å². The standard InChI is InChI=1S/C14H16BrNO/c1-9-4-5-17-13(9)8-16-14-10(2)6-12(15)7-11(14)3/h4-7,16H,8H2,1-3H3. The molecule has 0 atom stereocenters. The van der Waals surface area contributed by atoms with E-state index in [1.807, 2.05) is 6.07 Å². The molecular formula is C14H16BrNO. The van der Waals surface area contributed by atoms with E-state index in [0.717, 1.165) is 16.8 Å². The van der Waals surface area contributed by atoms with Crippen LogP contribution in [0.5, 0.6) is 0 Å². The number of halogens is 1. The van der Waals surface area contributed by atoms with Crippen LogP contribution in [0.25, 0.3) is 0 Å². The maximum atomic E-state index is 5.42. The van der Waals surface area contributed by atoms with Gasteiger partial charge < -0.3 is 9.73 Å². The molecule has 1 aromatic carbocycles. The lowest BCUT2D eigenvalue weighted by atomic mass is 10.1. The van der Waals surface area contributed by atoms with Crippen molar-refractivity contribution in [3.63, 3.8) is 0 Å². The minimum atomic E-state index is 0.724. The minimum Gasteiger partial charge on any atom is -0.467 e. The molecule has 2 nitrogen and oxygen atoms in total. The molecular weight excluding hydrogens is 278 g/mol. The summed E-state index contributed by atoms with van der Waals surface area (Å²) < 4.78 is 6.54. The van der Waals surface area contributed by atoms with Crippen LogP contribution in [0, 0.1) is 20.8 Å². The number of benzene rings is 1. The summed E-state index contributed by atoms with van der Waals surface area (Å²) in [6, 6.07) is 6.22. The van der Waals surface area contributed by atoms with E-state index in [4.69, 9.17) is 4.42 Å². The molecule has 90 valence electrons. The number of aryl methyl sites for hydroxylation is 3. The van der Waals surface area contributed by atoms with Crippen molar-refractivity contribution < 1.29 is 4.42 Å². The van der Waals surface area contributed by atoms with Gasteiger partial charge in [-0.15, -0.1) is 0 Å². The van der Waals surface area contributed by atoms with Crippen LogP contribution in [0.1, 0.15) is 22.5 Å². The van der Waals surface area contributed by atoms with Crippen molar-refractivity contribution in [1.29, 1.82) is 0 Å². The molecule has 0 aliphatic heterocycles. The van der Waals surface area contributed by atoms with Crippen LogP contribution in [0.2, 0.25) is 0 Å². The third kappa shape index (κ3) is 2.72. The molecule has 0 aliphatic carbocycles. The number of rotatable bonds is 3. The maximum absolute atomic E-state index is 5.42. The Labute approximate surface area is 110 Å². The zero-order valence-corrected chi connectivity index (χ0v) is 11.9.